The first-order chi connectivity index (χ1) is 6.56. The Hall–Kier alpha value is -1.25. The number of esters is 1. The third-order valence-corrected chi connectivity index (χ3v) is 2.36. The standard InChI is InChI=1S/C11H16O3/c1-4-11(2,3)10(12)14-8-9-6-5-7-13-9/h5-7H,4,8H2,1-3H3. The number of hydrogen-bond donors (Lipinski definition) is 0. The van der Waals surface area contributed by atoms with E-state index in [1.807, 2.05) is 20.8 Å². The van der Waals surface area contributed by atoms with E-state index < -0.39 is 5.41 Å². The van der Waals surface area contributed by atoms with Gasteiger partial charge in [0.2, 0.25) is 0 Å². The van der Waals surface area contributed by atoms with E-state index >= 15 is 0 Å². The normalized spacial score (nSPS) is 11.4. The summed E-state index contributed by atoms with van der Waals surface area (Å²) in [4.78, 5) is 11.5. The molecule has 0 N–H and O–H groups in total. The molecule has 1 aromatic rings. The van der Waals surface area contributed by atoms with E-state index in [1.165, 1.54) is 0 Å². The second-order valence-electron chi connectivity index (χ2n) is 3.89. The van der Waals surface area contributed by atoms with Gasteiger partial charge in [-0.15, -0.1) is 0 Å². The number of ether oxygens (including phenoxy) is 1. The third kappa shape index (κ3) is 2.62. The van der Waals surface area contributed by atoms with Gasteiger partial charge >= 0.3 is 5.97 Å². The Kier molecular flexibility index (Phi) is 3.33. The van der Waals surface area contributed by atoms with Gasteiger partial charge in [0, 0.05) is 0 Å². The highest BCUT2D eigenvalue weighted by Gasteiger charge is 2.27. The molecule has 0 saturated carbocycles. The summed E-state index contributed by atoms with van der Waals surface area (Å²) < 4.78 is 10.2. The van der Waals surface area contributed by atoms with Gasteiger partial charge in [-0.2, -0.15) is 0 Å². The molecule has 0 aliphatic rings. The average Bonchev–Trinajstić information content (AvgIpc) is 2.66. The van der Waals surface area contributed by atoms with Gasteiger partial charge in [0.25, 0.3) is 0 Å². The zero-order valence-electron chi connectivity index (χ0n) is 8.87. The molecule has 1 rings (SSSR count). The fraction of sp³-hybridized carbons (Fsp3) is 0.545. The summed E-state index contributed by atoms with van der Waals surface area (Å²) in [5.74, 6) is 0.488. The molecular weight excluding hydrogens is 180 g/mol. The van der Waals surface area contributed by atoms with Gasteiger partial charge in [-0.05, 0) is 32.4 Å². The molecule has 0 aromatic carbocycles. The van der Waals surface area contributed by atoms with E-state index in [4.69, 9.17) is 9.15 Å². The smallest absolute Gasteiger partial charge is 0.311 e. The van der Waals surface area contributed by atoms with Crippen molar-refractivity contribution in [2.24, 2.45) is 5.41 Å². The summed E-state index contributed by atoms with van der Waals surface area (Å²) >= 11 is 0. The van der Waals surface area contributed by atoms with Crippen LogP contribution in [0.1, 0.15) is 33.0 Å². The maximum absolute atomic E-state index is 11.5. The molecule has 0 bridgehead atoms. The van der Waals surface area contributed by atoms with Crippen molar-refractivity contribution in [3.8, 4) is 0 Å². The van der Waals surface area contributed by atoms with Crippen molar-refractivity contribution in [3.05, 3.63) is 24.2 Å². The molecule has 1 heterocycles. The summed E-state index contributed by atoms with van der Waals surface area (Å²) in [6, 6.07) is 3.56. The molecular formula is C11H16O3. The number of furan rings is 1. The highest BCUT2D eigenvalue weighted by atomic mass is 16.5. The number of carbonyl (C=O) groups excluding carboxylic acids is 1. The lowest BCUT2D eigenvalue weighted by Gasteiger charge is -2.19. The molecule has 3 heteroatoms. The molecule has 14 heavy (non-hydrogen) atoms. The Labute approximate surface area is 84.1 Å². The second-order valence-corrected chi connectivity index (χ2v) is 3.89. The zero-order chi connectivity index (χ0) is 10.6. The summed E-state index contributed by atoms with van der Waals surface area (Å²) in [7, 11) is 0. The van der Waals surface area contributed by atoms with E-state index in [-0.39, 0.29) is 12.6 Å². The van der Waals surface area contributed by atoms with Crippen molar-refractivity contribution in [2.75, 3.05) is 0 Å². The molecule has 0 aliphatic carbocycles. The monoisotopic (exact) mass is 196 g/mol. The SMILES string of the molecule is CCC(C)(C)C(=O)OCc1ccco1. The summed E-state index contributed by atoms with van der Waals surface area (Å²) in [6.45, 7) is 5.93. The second kappa shape index (κ2) is 4.31. The van der Waals surface area contributed by atoms with Crippen LogP contribution in [0.3, 0.4) is 0 Å². The first-order valence-corrected chi connectivity index (χ1v) is 4.76. The largest absolute Gasteiger partial charge is 0.466 e. The molecule has 0 aliphatic heterocycles. The molecule has 1 aromatic heterocycles. The van der Waals surface area contributed by atoms with Crippen LogP contribution in [0.15, 0.2) is 22.8 Å². The molecule has 0 unspecified atom stereocenters. The molecule has 0 saturated heterocycles. The van der Waals surface area contributed by atoms with E-state index in [9.17, 15) is 4.79 Å². The minimum Gasteiger partial charge on any atom is -0.466 e. The fourth-order valence-electron chi connectivity index (χ4n) is 0.871. The molecule has 0 amide bonds. The molecule has 78 valence electrons. The van der Waals surface area contributed by atoms with Gasteiger partial charge in [-0.3, -0.25) is 4.79 Å². The van der Waals surface area contributed by atoms with Crippen molar-refractivity contribution in [1.29, 1.82) is 0 Å². The van der Waals surface area contributed by atoms with Crippen molar-refractivity contribution in [1.82, 2.24) is 0 Å². The molecule has 0 fully saturated rings. The Balaban J connectivity index is 2.43. The van der Waals surface area contributed by atoms with Gasteiger partial charge in [0.1, 0.15) is 12.4 Å². The third-order valence-electron chi connectivity index (χ3n) is 2.36. The van der Waals surface area contributed by atoms with E-state index in [0.717, 1.165) is 6.42 Å². The van der Waals surface area contributed by atoms with Crippen LogP contribution in [0.2, 0.25) is 0 Å². The quantitative estimate of drug-likeness (QED) is 0.695. The van der Waals surface area contributed by atoms with Gasteiger partial charge in [0.05, 0.1) is 11.7 Å². The van der Waals surface area contributed by atoms with Crippen molar-refractivity contribution in [2.45, 2.75) is 33.8 Å². The van der Waals surface area contributed by atoms with Gasteiger partial charge < -0.3 is 9.15 Å². The van der Waals surface area contributed by atoms with Gasteiger partial charge in [-0.25, -0.2) is 0 Å². The molecule has 0 atom stereocenters. The molecule has 3 nitrogen and oxygen atoms in total. The van der Waals surface area contributed by atoms with Crippen LogP contribution in [-0.2, 0) is 16.1 Å². The number of hydrogen-bond acceptors (Lipinski definition) is 3. The lowest BCUT2D eigenvalue weighted by atomic mass is 9.91. The Morgan fingerprint density at radius 2 is 2.29 bits per heavy atom. The Bertz CT molecular complexity index is 285. The van der Waals surface area contributed by atoms with Gasteiger partial charge in [0.15, 0.2) is 0 Å². The van der Waals surface area contributed by atoms with Crippen molar-refractivity contribution >= 4 is 5.97 Å². The summed E-state index contributed by atoms with van der Waals surface area (Å²) in [6.07, 6.45) is 2.33. The maximum Gasteiger partial charge on any atom is 0.311 e. The fourth-order valence-corrected chi connectivity index (χ4v) is 0.871. The van der Waals surface area contributed by atoms with Crippen LogP contribution in [0.5, 0.6) is 0 Å². The highest BCUT2D eigenvalue weighted by Crippen LogP contribution is 2.22. The minimum atomic E-state index is -0.410. The predicted octanol–water partition coefficient (Wildman–Crippen LogP) is 2.76. The molecule has 0 radical (unpaired) electrons. The lowest BCUT2D eigenvalue weighted by Crippen LogP contribution is -2.25. The minimum absolute atomic E-state index is 0.184. The molecule has 0 spiro atoms. The van der Waals surface area contributed by atoms with Crippen LogP contribution in [0.25, 0.3) is 0 Å². The highest BCUT2D eigenvalue weighted by molar-refractivity contribution is 5.75. The van der Waals surface area contributed by atoms with Crippen LogP contribution in [0.4, 0.5) is 0 Å². The van der Waals surface area contributed by atoms with E-state index in [0.29, 0.717) is 5.76 Å². The van der Waals surface area contributed by atoms with Crippen molar-refractivity contribution in [3.63, 3.8) is 0 Å². The number of rotatable bonds is 4. The number of carbonyl (C=O) groups is 1. The van der Waals surface area contributed by atoms with Crippen LogP contribution >= 0.6 is 0 Å². The predicted molar refractivity (Wildman–Crippen MR) is 52.6 cm³/mol. The lowest BCUT2D eigenvalue weighted by molar-refractivity contribution is -0.156. The van der Waals surface area contributed by atoms with E-state index in [2.05, 4.69) is 0 Å². The van der Waals surface area contributed by atoms with E-state index in [1.54, 1.807) is 18.4 Å². The average molecular weight is 196 g/mol. The Morgan fingerprint density at radius 1 is 1.57 bits per heavy atom. The Morgan fingerprint density at radius 3 is 2.79 bits per heavy atom. The first-order valence-electron chi connectivity index (χ1n) is 4.76. The summed E-state index contributed by atoms with van der Waals surface area (Å²) in [5, 5.41) is 0. The van der Waals surface area contributed by atoms with Crippen LogP contribution in [-0.4, -0.2) is 5.97 Å². The van der Waals surface area contributed by atoms with Crippen LogP contribution in [0, 0.1) is 5.41 Å². The summed E-state index contributed by atoms with van der Waals surface area (Å²) in [5.41, 5.74) is -0.410. The van der Waals surface area contributed by atoms with Crippen LogP contribution < -0.4 is 0 Å². The zero-order valence-corrected chi connectivity index (χ0v) is 8.87. The first kappa shape index (κ1) is 10.8. The maximum atomic E-state index is 11.5. The van der Waals surface area contributed by atoms with Crippen molar-refractivity contribution < 1.29 is 13.9 Å². The van der Waals surface area contributed by atoms with Gasteiger partial charge in [-0.1, -0.05) is 6.92 Å². The topological polar surface area (TPSA) is 39.4 Å².